The average molecular weight is 447 g/mol. The summed E-state index contributed by atoms with van der Waals surface area (Å²) < 4.78 is 0. The SMILES string of the molecule is O=C(O)CN(CCN1C(=O)c2ccccc2C1=O)C(=O)c1cccc2cc([N+](=O)[O-])ccc12. The Morgan fingerprint density at radius 2 is 1.64 bits per heavy atom. The molecule has 3 aromatic rings. The van der Waals surface area contributed by atoms with E-state index < -0.39 is 35.2 Å². The minimum atomic E-state index is -1.26. The Balaban J connectivity index is 1.60. The number of fused-ring (bicyclic) bond motifs is 2. The maximum atomic E-state index is 13.2. The third-order valence-corrected chi connectivity index (χ3v) is 5.39. The fraction of sp³-hybridized carbons (Fsp3) is 0.130. The standard InChI is InChI=1S/C23H17N3O7/c27-20(28)13-24(10-11-25-22(30)18-5-1-2-6-19(18)23(25)31)21(29)17-7-3-4-14-12-15(26(32)33)8-9-16(14)17/h1-9,12H,10-11,13H2,(H,27,28). The Kier molecular flexibility index (Phi) is 5.57. The topological polar surface area (TPSA) is 138 Å². The lowest BCUT2D eigenvalue weighted by molar-refractivity contribution is -0.384. The lowest BCUT2D eigenvalue weighted by Gasteiger charge is -2.24. The van der Waals surface area contributed by atoms with Gasteiger partial charge in [-0.15, -0.1) is 0 Å². The van der Waals surface area contributed by atoms with Gasteiger partial charge in [-0.3, -0.25) is 34.2 Å². The molecule has 0 spiro atoms. The summed E-state index contributed by atoms with van der Waals surface area (Å²) in [5, 5.41) is 21.2. The predicted molar refractivity (Wildman–Crippen MR) is 116 cm³/mol. The average Bonchev–Trinajstić information content (AvgIpc) is 3.05. The van der Waals surface area contributed by atoms with Crippen LogP contribution in [0.25, 0.3) is 10.8 Å². The van der Waals surface area contributed by atoms with E-state index in [-0.39, 0.29) is 35.5 Å². The minimum Gasteiger partial charge on any atom is -0.480 e. The monoisotopic (exact) mass is 447 g/mol. The van der Waals surface area contributed by atoms with E-state index in [0.29, 0.717) is 10.8 Å². The molecule has 3 amide bonds. The number of carbonyl (C=O) groups excluding carboxylic acids is 3. The highest BCUT2D eigenvalue weighted by Gasteiger charge is 2.35. The van der Waals surface area contributed by atoms with Crippen LogP contribution in [0.1, 0.15) is 31.1 Å². The van der Waals surface area contributed by atoms with Gasteiger partial charge < -0.3 is 10.0 Å². The number of rotatable bonds is 7. The van der Waals surface area contributed by atoms with E-state index >= 15 is 0 Å². The number of hydrogen-bond donors (Lipinski definition) is 1. The van der Waals surface area contributed by atoms with Gasteiger partial charge in [-0.25, -0.2) is 0 Å². The van der Waals surface area contributed by atoms with Gasteiger partial charge in [0.1, 0.15) is 6.54 Å². The Labute approximate surface area is 186 Å². The molecular weight excluding hydrogens is 430 g/mol. The second-order valence-corrected chi connectivity index (χ2v) is 7.40. The number of hydrogen-bond acceptors (Lipinski definition) is 6. The van der Waals surface area contributed by atoms with Crippen LogP contribution in [-0.2, 0) is 4.79 Å². The summed E-state index contributed by atoms with van der Waals surface area (Å²) in [5.41, 5.74) is 0.537. The minimum absolute atomic E-state index is 0.139. The first-order valence-electron chi connectivity index (χ1n) is 9.91. The smallest absolute Gasteiger partial charge is 0.323 e. The summed E-state index contributed by atoms with van der Waals surface area (Å²) >= 11 is 0. The Morgan fingerprint density at radius 3 is 2.24 bits per heavy atom. The zero-order chi connectivity index (χ0) is 23.7. The summed E-state index contributed by atoms with van der Waals surface area (Å²) in [7, 11) is 0. The van der Waals surface area contributed by atoms with E-state index in [4.69, 9.17) is 0 Å². The van der Waals surface area contributed by atoms with E-state index in [1.165, 1.54) is 36.4 Å². The van der Waals surface area contributed by atoms with Crippen LogP contribution in [0.5, 0.6) is 0 Å². The van der Waals surface area contributed by atoms with Gasteiger partial charge in [0.2, 0.25) is 0 Å². The number of imide groups is 1. The van der Waals surface area contributed by atoms with Crippen molar-refractivity contribution in [1.82, 2.24) is 9.80 Å². The van der Waals surface area contributed by atoms with Crippen molar-refractivity contribution in [1.29, 1.82) is 0 Å². The molecule has 0 saturated carbocycles. The van der Waals surface area contributed by atoms with Crippen LogP contribution < -0.4 is 0 Å². The zero-order valence-electron chi connectivity index (χ0n) is 17.1. The van der Waals surface area contributed by atoms with Crippen LogP contribution in [0, 0.1) is 10.1 Å². The van der Waals surface area contributed by atoms with E-state index in [1.54, 1.807) is 24.3 Å². The van der Waals surface area contributed by atoms with Gasteiger partial charge in [0.05, 0.1) is 16.1 Å². The quantitative estimate of drug-likeness (QED) is 0.334. The van der Waals surface area contributed by atoms with Gasteiger partial charge in [-0.2, -0.15) is 0 Å². The number of nitro groups is 1. The summed E-state index contributed by atoms with van der Waals surface area (Å²) in [6.45, 7) is -1.02. The molecular formula is C23H17N3O7. The van der Waals surface area contributed by atoms with E-state index in [2.05, 4.69) is 0 Å². The van der Waals surface area contributed by atoms with Gasteiger partial charge >= 0.3 is 5.97 Å². The van der Waals surface area contributed by atoms with Gasteiger partial charge in [0.25, 0.3) is 23.4 Å². The zero-order valence-corrected chi connectivity index (χ0v) is 17.1. The molecule has 1 aliphatic rings. The van der Waals surface area contributed by atoms with Crippen molar-refractivity contribution in [2.75, 3.05) is 19.6 Å². The molecule has 10 nitrogen and oxygen atoms in total. The third kappa shape index (κ3) is 4.01. The number of carboxylic acids is 1. The Morgan fingerprint density at radius 1 is 0.970 bits per heavy atom. The molecule has 0 aromatic heterocycles. The molecule has 0 saturated heterocycles. The largest absolute Gasteiger partial charge is 0.480 e. The fourth-order valence-corrected chi connectivity index (χ4v) is 3.82. The highest BCUT2D eigenvalue weighted by Crippen LogP contribution is 2.26. The summed E-state index contributed by atoms with van der Waals surface area (Å²) in [5.74, 6) is -2.90. The second kappa shape index (κ2) is 8.50. The lowest BCUT2D eigenvalue weighted by Crippen LogP contribution is -2.43. The Hall–Kier alpha value is -4.60. The number of amides is 3. The number of aliphatic carboxylic acids is 1. The normalized spacial score (nSPS) is 12.7. The van der Waals surface area contributed by atoms with Gasteiger partial charge in [0, 0.05) is 30.8 Å². The molecule has 0 bridgehead atoms. The highest BCUT2D eigenvalue weighted by molar-refractivity contribution is 6.21. The molecule has 0 aliphatic carbocycles. The van der Waals surface area contributed by atoms with Crippen LogP contribution in [0.3, 0.4) is 0 Å². The summed E-state index contributed by atoms with van der Waals surface area (Å²) in [4.78, 5) is 62.3. The van der Waals surface area contributed by atoms with E-state index in [1.807, 2.05) is 0 Å². The molecule has 166 valence electrons. The summed E-state index contributed by atoms with van der Waals surface area (Å²) in [6, 6.07) is 15.0. The summed E-state index contributed by atoms with van der Waals surface area (Å²) in [6.07, 6.45) is 0. The van der Waals surface area contributed by atoms with Crippen molar-refractivity contribution in [2.24, 2.45) is 0 Å². The first kappa shape index (κ1) is 21.6. The molecule has 4 rings (SSSR count). The molecule has 33 heavy (non-hydrogen) atoms. The van der Waals surface area contributed by atoms with Gasteiger partial charge in [0.15, 0.2) is 0 Å². The van der Waals surface area contributed by atoms with Crippen LogP contribution >= 0.6 is 0 Å². The molecule has 1 heterocycles. The molecule has 0 atom stereocenters. The number of carboxylic acid groups (broad SMARTS) is 1. The van der Waals surface area contributed by atoms with Crippen LogP contribution in [0.15, 0.2) is 60.7 Å². The fourth-order valence-electron chi connectivity index (χ4n) is 3.82. The maximum Gasteiger partial charge on any atom is 0.323 e. The van der Waals surface area contributed by atoms with Crippen LogP contribution in [0.2, 0.25) is 0 Å². The molecule has 0 unspecified atom stereocenters. The number of carbonyl (C=O) groups is 4. The van der Waals surface area contributed by atoms with Crippen LogP contribution in [-0.4, -0.2) is 63.2 Å². The van der Waals surface area contributed by atoms with Gasteiger partial charge in [-0.1, -0.05) is 24.3 Å². The van der Waals surface area contributed by atoms with Crippen molar-refractivity contribution in [3.05, 3.63) is 87.5 Å². The molecule has 0 fully saturated rings. The Bertz CT molecular complexity index is 1300. The number of non-ortho nitro benzene ring substituents is 1. The van der Waals surface area contributed by atoms with E-state index in [0.717, 1.165) is 9.80 Å². The first-order valence-corrected chi connectivity index (χ1v) is 9.91. The van der Waals surface area contributed by atoms with Gasteiger partial charge in [-0.05, 0) is 35.0 Å². The first-order chi connectivity index (χ1) is 15.8. The van der Waals surface area contributed by atoms with Crippen LogP contribution in [0.4, 0.5) is 5.69 Å². The van der Waals surface area contributed by atoms with Crippen molar-refractivity contribution in [3.8, 4) is 0 Å². The molecule has 1 aliphatic heterocycles. The number of nitrogens with zero attached hydrogens (tertiary/aromatic N) is 3. The van der Waals surface area contributed by atoms with Crippen molar-refractivity contribution < 1.29 is 29.2 Å². The van der Waals surface area contributed by atoms with Crippen molar-refractivity contribution in [3.63, 3.8) is 0 Å². The predicted octanol–water partition coefficient (Wildman–Crippen LogP) is 2.57. The van der Waals surface area contributed by atoms with Crippen molar-refractivity contribution in [2.45, 2.75) is 0 Å². The molecule has 3 aromatic carbocycles. The third-order valence-electron chi connectivity index (χ3n) is 5.39. The lowest BCUT2D eigenvalue weighted by atomic mass is 10.0. The number of benzene rings is 3. The molecule has 0 radical (unpaired) electrons. The second-order valence-electron chi connectivity index (χ2n) is 7.40. The van der Waals surface area contributed by atoms with E-state index in [9.17, 15) is 34.4 Å². The van der Waals surface area contributed by atoms with Crippen molar-refractivity contribution >= 4 is 40.2 Å². The maximum absolute atomic E-state index is 13.2. The number of nitro benzene ring substituents is 1. The molecule has 10 heteroatoms. The highest BCUT2D eigenvalue weighted by atomic mass is 16.6. The molecule has 1 N–H and O–H groups in total.